The average molecular weight is 317 g/mol. The van der Waals surface area contributed by atoms with E-state index in [0.29, 0.717) is 16.3 Å². The number of ether oxygens (including phenoxy) is 1. The molecule has 5 nitrogen and oxygen atoms in total. The first-order valence-corrected chi connectivity index (χ1v) is 6.80. The molecule has 0 unspecified atom stereocenters. The van der Waals surface area contributed by atoms with Crippen molar-refractivity contribution in [1.82, 2.24) is 5.43 Å². The number of benzene rings is 2. The minimum Gasteiger partial charge on any atom is -0.423 e. The molecule has 0 bridgehead atoms. The van der Waals surface area contributed by atoms with Crippen LogP contribution in [0.25, 0.3) is 0 Å². The van der Waals surface area contributed by atoms with Gasteiger partial charge in [0.25, 0.3) is 0 Å². The third kappa shape index (κ3) is 4.71. The lowest BCUT2D eigenvalue weighted by Gasteiger charge is -2.04. The maximum atomic E-state index is 11.9. The van der Waals surface area contributed by atoms with E-state index in [9.17, 15) is 9.59 Å². The highest BCUT2D eigenvalue weighted by Gasteiger charge is 2.08. The van der Waals surface area contributed by atoms with E-state index in [1.165, 1.54) is 13.1 Å². The van der Waals surface area contributed by atoms with E-state index in [2.05, 4.69) is 10.5 Å². The molecule has 0 heterocycles. The number of nitrogens with one attached hydrogen (secondary N) is 1. The van der Waals surface area contributed by atoms with Crippen LogP contribution in [0.5, 0.6) is 5.75 Å². The Morgan fingerprint density at radius 2 is 1.73 bits per heavy atom. The fourth-order valence-corrected chi connectivity index (χ4v) is 1.70. The summed E-state index contributed by atoms with van der Waals surface area (Å²) in [5.74, 6) is -0.294. The number of amides is 1. The van der Waals surface area contributed by atoms with Gasteiger partial charge in [0, 0.05) is 11.9 Å². The molecule has 0 aliphatic heterocycles. The lowest BCUT2D eigenvalue weighted by atomic mass is 10.2. The minimum absolute atomic E-state index is 0.246. The Bertz CT molecular complexity index is 694. The molecule has 112 valence electrons. The number of carbonyl (C=O) groups is 2. The van der Waals surface area contributed by atoms with Crippen molar-refractivity contribution in [3.8, 4) is 5.75 Å². The van der Waals surface area contributed by atoms with E-state index in [1.807, 2.05) is 0 Å². The van der Waals surface area contributed by atoms with Crippen LogP contribution in [0.2, 0.25) is 5.02 Å². The first-order chi connectivity index (χ1) is 10.5. The SMILES string of the molecule is CC(=O)N/N=C/c1ccc(OC(=O)c2ccc(Cl)cc2)cc1. The Morgan fingerprint density at radius 1 is 1.09 bits per heavy atom. The van der Waals surface area contributed by atoms with Crippen LogP contribution in [0.3, 0.4) is 0 Å². The molecular formula is C16H13ClN2O3. The molecule has 0 aliphatic carbocycles. The highest BCUT2D eigenvalue weighted by atomic mass is 35.5. The van der Waals surface area contributed by atoms with Gasteiger partial charge in [-0.1, -0.05) is 11.6 Å². The molecule has 0 saturated carbocycles. The molecule has 0 radical (unpaired) electrons. The van der Waals surface area contributed by atoms with Crippen LogP contribution in [-0.4, -0.2) is 18.1 Å². The van der Waals surface area contributed by atoms with Gasteiger partial charge in [0.1, 0.15) is 5.75 Å². The first-order valence-electron chi connectivity index (χ1n) is 6.42. The lowest BCUT2D eigenvalue weighted by molar-refractivity contribution is -0.118. The van der Waals surface area contributed by atoms with Gasteiger partial charge in [-0.05, 0) is 54.1 Å². The van der Waals surface area contributed by atoms with Crippen LogP contribution in [-0.2, 0) is 4.79 Å². The summed E-state index contributed by atoms with van der Waals surface area (Å²) in [6, 6.07) is 13.2. The summed E-state index contributed by atoms with van der Waals surface area (Å²) in [7, 11) is 0. The summed E-state index contributed by atoms with van der Waals surface area (Å²) in [5.41, 5.74) is 3.48. The highest BCUT2D eigenvalue weighted by Crippen LogP contribution is 2.15. The average Bonchev–Trinajstić information content (AvgIpc) is 2.49. The number of hydrogen-bond donors (Lipinski definition) is 1. The molecule has 1 N–H and O–H groups in total. The van der Waals surface area contributed by atoms with Crippen LogP contribution in [0.4, 0.5) is 0 Å². The first kappa shape index (κ1) is 15.7. The highest BCUT2D eigenvalue weighted by molar-refractivity contribution is 6.30. The van der Waals surface area contributed by atoms with Crippen molar-refractivity contribution in [2.24, 2.45) is 5.10 Å². The predicted octanol–water partition coefficient (Wildman–Crippen LogP) is 3.03. The van der Waals surface area contributed by atoms with Crippen molar-refractivity contribution in [1.29, 1.82) is 0 Å². The van der Waals surface area contributed by atoms with Gasteiger partial charge in [-0.25, -0.2) is 10.2 Å². The monoisotopic (exact) mass is 316 g/mol. The summed E-state index contributed by atoms with van der Waals surface area (Å²) in [6.07, 6.45) is 1.49. The van der Waals surface area contributed by atoms with E-state index in [1.54, 1.807) is 48.5 Å². The molecule has 0 aliphatic rings. The number of esters is 1. The second-order valence-electron chi connectivity index (χ2n) is 4.39. The maximum absolute atomic E-state index is 11.9. The second kappa shape index (κ2) is 7.38. The second-order valence-corrected chi connectivity index (χ2v) is 4.83. The number of carbonyl (C=O) groups excluding carboxylic acids is 2. The quantitative estimate of drug-likeness (QED) is 0.408. The van der Waals surface area contributed by atoms with Crippen molar-refractivity contribution < 1.29 is 14.3 Å². The third-order valence-corrected chi connectivity index (χ3v) is 2.86. The Kier molecular flexibility index (Phi) is 5.27. The summed E-state index contributed by atoms with van der Waals surface area (Å²) < 4.78 is 5.24. The summed E-state index contributed by atoms with van der Waals surface area (Å²) in [6.45, 7) is 1.37. The number of halogens is 1. The number of rotatable bonds is 4. The number of hydrogen-bond acceptors (Lipinski definition) is 4. The van der Waals surface area contributed by atoms with Crippen molar-refractivity contribution in [3.63, 3.8) is 0 Å². The molecule has 1 amide bonds. The molecule has 0 spiro atoms. The zero-order valence-corrected chi connectivity index (χ0v) is 12.5. The van der Waals surface area contributed by atoms with Gasteiger partial charge < -0.3 is 4.74 Å². The van der Waals surface area contributed by atoms with Crippen molar-refractivity contribution in [2.75, 3.05) is 0 Å². The standard InChI is InChI=1S/C16H13ClN2O3/c1-11(20)19-18-10-12-2-8-15(9-3-12)22-16(21)13-4-6-14(17)7-5-13/h2-10H,1H3,(H,19,20)/b18-10+. The van der Waals surface area contributed by atoms with E-state index in [4.69, 9.17) is 16.3 Å². The van der Waals surface area contributed by atoms with E-state index in [-0.39, 0.29) is 5.91 Å². The van der Waals surface area contributed by atoms with Crippen LogP contribution in [0.15, 0.2) is 53.6 Å². The van der Waals surface area contributed by atoms with Crippen LogP contribution in [0, 0.1) is 0 Å². The molecule has 22 heavy (non-hydrogen) atoms. The van der Waals surface area contributed by atoms with Gasteiger partial charge in [0.05, 0.1) is 11.8 Å². The van der Waals surface area contributed by atoms with Gasteiger partial charge in [-0.3, -0.25) is 4.79 Å². The molecule has 2 aromatic carbocycles. The molecule has 2 aromatic rings. The van der Waals surface area contributed by atoms with E-state index in [0.717, 1.165) is 5.56 Å². The fourth-order valence-electron chi connectivity index (χ4n) is 1.57. The minimum atomic E-state index is -0.462. The maximum Gasteiger partial charge on any atom is 0.343 e. The molecule has 0 aromatic heterocycles. The van der Waals surface area contributed by atoms with Gasteiger partial charge in [0.15, 0.2) is 0 Å². The van der Waals surface area contributed by atoms with E-state index < -0.39 is 5.97 Å². The van der Waals surface area contributed by atoms with Crippen molar-refractivity contribution >= 4 is 29.7 Å². The molecule has 6 heteroatoms. The smallest absolute Gasteiger partial charge is 0.343 e. The topological polar surface area (TPSA) is 67.8 Å². The van der Waals surface area contributed by atoms with E-state index >= 15 is 0 Å². The predicted molar refractivity (Wildman–Crippen MR) is 84.3 cm³/mol. The molecule has 0 saturated heterocycles. The number of hydrazone groups is 1. The van der Waals surface area contributed by atoms with Gasteiger partial charge >= 0.3 is 5.97 Å². The van der Waals surface area contributed by atoms with Crippen LogP contribution < -0.4 is 10.2 Å². The molecule has 2 rings (SSSR count). The summed E-state index contributed by atoms with van der Waals surface area (Å²) in [5, 5.41) is 4.30. The molecular weight excluding hydrogens is 304 g/mol. The zero-order valence-electron chi connectivity index (χ0n) is 11.7. The van der Waals surface area contributed by atoms with Crippen LogP contribution in [0.1, 0.15) is 22.8 Å². The zero-order chi connectivity index (χ0) is 15.9. The lowest BCUT2D eigenvalue weighted by Crippen LogP contribution is -2.12. The van der Waals surface area contributed by atoms with Gasteiger partial charge in [-0.15, -0.1) is 0 Å². The van der Waals surface area contributed by atoms with Crippen molar-refractivity contribution in [2.45, 2.75) is 6.92 Å². The Hall–Kier alpha value is -2.66. The summed E-state index contributed by atoms with van der Waals surface area (Å²) >= 11 is 5.76. The molecule has 0 atom stereocenters. The Morgan fingerprint density at radius 3 is 2.32 bits per heavy atom. The van der Waals surface area contributed by atoms with Crippen molar-refractivity contribution in [3.05, 3.63) is 64.7 Å². The third-order valence-electron chi connectivity index (χ3n) is 2.61. The van der Waals surface area contributed by atoms with Crippen LogP contribution >= 0.6 is 11.6 Å². The molecule has 0 fully saturated rings. The normalized spacial score (nSPS) is 10.5. The fraction of sp³-hybridized carbons (Fsp3) is 0.0625. The Labute approximate surface area is 132 Å². The summed E-state index contributed by atoms with van der Waals surface area (Å²) in [4.78, 5) is 22.6. The largest absolute Gasteiger partial charge is 0.423 e. The Balaban J connectivity index is 1.98. The number of nitrogens with zero attached hydrogens (tertiary/aromatic N) is 1. The van der Waals surface area contributed by atoms with Gasteiger partial charge in [-0.2, -0.15) is 5.10 Å². The van der Waals surface area contributed by atoms with Gasteiger partial charge in [0.2, 0.25) is 5.91 Å².